The smallest absolute Gasteiger partial charge is 0.0181 e. The fourth-order valence-corrected chi connectivity index (χ4v) is 2.37. The molecule has 0 amide bonds. The predicted octanol–water partition coefficient (Wildman–Crippen LogP) is 5.52. The Morgan fingerprint density at radius 1 is 0.833 bits per heavy atom. The molecule has 0 unspecified atom stereocenters. The molecule has 0 fully saturated rings. The number of allylic oxidation sites excluding steroid dienone is 1. The second-order valence-electron chi connectivity index (χ2n) is 4.92. The van der Waals surface area contributed by atoms with Crippen LogP contribution in [0.15, 0.2) is 55.1 Å². The number of hydrogen-bond donors (Lipinski definition) is 0. The van der Waals surface area contributed by atoms with Gasteiger partial charge in [-0.1, -0.05) is 61.4 Å². The van der Waals surface area contributed by atoms with Crippen molar-refractivity contribution in [3.63, 3.8) is 0 Å². The highest BCUT2D eigenvalue weighted by Crippen LogP contribution is 2.17. The van der Waals surface area contributed by atoms with Crippen molar-refractivity contribution >= 4 is 10.8 Å². The van der Waals surface area contributed by atoms with Crippen LogP contribution in [0.1, 0.15) is 37.7 Å². The zero-order valence-corrected chi connectivity index (χ0v) is 11.1. The molecule has 0 aliphatic rings. The van der Waals surface area contributed by atoms with E-state index in [1.54, 1.807) is 0 Å². The molecule has 2 aromatic carbocycles. The first-order valence-electron chi connectivity index (χ1n) is 6.99. The molecule has 18 heavy (non-hydrogen) atoms. The van der Waals surface area contributed by atoms with Crippen LogP contribution in [0, 0.1) is 0 Å². The van der Waals surface area contributed by atoms with E-state index in [9.17, 15) is 0 Å². The van der Waals surface area contributed by atoms with Gasteiger partial charge >= 0.3 is 0 Å². The summed E-state index contributed by atoms with van der Waals surface area (Å²) in [4.78, 5) is 0. The third kappa shape index (κ3) is 3.73. The van der Waals surface area contributed by atoms with Gasteiger partial charge in [-0.3, -0.25) is 0 Å². The Morgan fingerprint density at radius 2 is 1.61 bits per heavy atom. The Hall–Kier alpha value is -1.56. The highest BCUT2D eigenvalue weighted by molar-refractivity contribution is 5.82. The molecule has 0 spiro atoms. The number of aryl methyl sites for hydroxylation is 1. The second kappa shape index (κ2) is 7.00. The van der Waals surface area contributed by atoms with Crippen LogP contribution in [0.2, 0.25) is 0 Å². The van der Waals surface area contributed by atoms with Gasteiger partial charge in [0.15, 0.2) is 0 Å². The Balaban J connectivity index is 1.82. The maximum atomic E-state index is 3.76. The van der Waals surface area contributed by atoms with Gasteiger partial charge < -0.3 is 0 Å². The fourth-order valence-electron chi connectivity index (χ4n) is 2.37. The fraction of sp³-hybridized carbons (Fsp3) is 0.333. The maximum absolute atomic E-state index is 3.76. The summed E-state index contributed by atoms with van der Waals surface area (Å²) in [6.07, 6.45) is 9.65. The van der Waals surface area contributed by atoms with E-state index < -0.39 is 0 Å². The van der Waals surface area contributed by atoms with E-state index >= 15 is 0 Å². The molecular weight excluding hydrogens is 216 g/mol. The monoisotopic (exact) mass is 238 g/mol. The van der Waals surface area contributed by atoms with Crippen LogP contribution in [-0.4, -0.2) is 0 Å². The molecule has 2 aromatic rings. The molecule has 0 aromatic heterocycles. The minimum atomic E-state index is 1.16. The van der Waals surface area contributed by atoms with Crippen molar-refractivity contribution in [2.75, 3.05) is 0 Å². The molecule has 0 atom stereocenters. The number of unbranched alkanes of at least 4 members (excludes halogenated alkanes) is 4. The van der Waals surface area contributed by atoms with E-state index in [1.807, 2.05) is 6.08 Å². The van der Waals surface area contributed by atoms with Crippen molar-refractivity contribution in [2.24, 2.45) is 0 Å². The summed E-state index contributed by atoms with van der Waals surface area (Å²) in [7, 11) is 0. The van der Waals surface area contributed by atoms with Gasteiger partial charge in [0.1, 0.15) is 0 Å². The maximum Gasteiger partial charge on any atom is -0.0181 e. The molecule has 0 nitrogen and oxygen atoms in total. The van der Waals surface area contributed by atoms with E-state index in [-0.39, 0.29) is 0 Å². The van der Waals surface area contributed by atoms with Crippen molar-refractivity contribution < 1.29 is 0 Å². The van der Waals surface area contributed by atoms with Crippen LogP contribution < -0.4 is 0 Å². The third-order valence-corrected chi connectivity index (χ3v) is 3.44. The molecule has 0 heteroatoms. The lowest BCUT2D eigenvalue weighted by molar-refractivity contribution is 0.646. The highest BCUT2D eigenvalue weighted by Gasteiger charge is 1.96. The van der Waals surface area contributed by atoms with Gasteiger partial charge in [0.05, 0.1) is 0 Å². The molecule has 0 aliphatic carbocycles. The Labute approximate surface area is 110 Å². The minimum absolute atomic E-state index is 1.16. The van der Waals surface area contributed by atoms with Gasteiger partial charge in [-0.15, -0.1) is 6.58 Å². The van der Waals surface area contributed by atoms with Crippen LogP contribution in [0.25, 0.3) is 10.8 Å². The van der Waals surface area contributed by atoms with Crippen LogP contribution in [0.4, 0.5) is 0 Å². The number of fused-ring (bicyclic) bond motifs is 1. The first-order valence-corrected chi connectivity index (χ1v) is 6.99. The van der Waals surface area contributed by atoms with Gasteiger partial charge in [0.25, 0.3) is 0 Å². The van der Waals surface area contributed by atoms with Crippen LogP contribution in [-0.2, 0) is 6.42 Å². The molecule has 0 saturated heterocycles. The van der Waals surface area contributed by atoms with Gasteiger partial charge in [-0.2, -0.15) is 0 Å². The summed E-state index contributed by atoms with van der Waals surface area (Å²) >= 11 is 0. The Bertz CT molecular complexity index is 496. The summed E-state index contributed by atoms with van der Waals surface area (Å²) in [6, 6.07) is 15.4. The summed E-state index contributed by atoms with van der Waals surface area (Å²) in [5.74, 6) is 0. The SMILES string of the molecule is C=CCCCCCCc1ccc2ccccc2c1. The number of hydrogen-bond acceptors (Lipinski definition) is 0. The van der Waals surface area contributed by atoms with Crippen LogP contribution in [0.3, 0.4) is 0 Å². The molecule has 0 radical (unpaired) electrons. The highest BCUT2D eigenvalue weighted by atomic mass is 14.0. The van der Waals surface area contributed by atoms with Crippen molar-refractivity contribution in [1.29, 1.82) is 0 Å². The van der Waals surface area contributed by atoms with Crippen molar-refractivity contribution in [1.82, 2.24) is 0 Å². The topological polar surface area (TPSA) is 0 Å². The number of rotatable bonds is 7. The van der Waals surface area contributed by atoms with Gasteiger partial charge in [0.2, 0.25) is 0 Å². The lowest BCUT2D eigenvalue weighted by Gasteiger charge is -2.04. The molecule has 0 N–H and O–H groups in total. The standard InChI is InChI=1S/C18H22/c1-2-3-4-5-6-7-10-16-13-14-17-11-8-9-12-18(17)15-16/h2,8-9,11-15H,1,3-7,10H2. The van der Waals surface area contributed by atoms with Crippen molar-refractivity contribution in [3.8, 4) is 0 Å². The molecule has 2 rings (SSSR count). The normalized spacial score (nSPS) is 10.7. The van der Waals surface area contributed by atoms with E-state index in [1.165, 1.54) is 48.4 Å². The molecular formula is C18H22. The quantitative estimate of drug-likeness (QED) is 0.440. The van der Waals surface area contributed by atoms with Crippen molar-refractivity contribution in [3.05, 3.63) is 60.7 Å². The largest absolute Gasteiger partial charge is 0.103 e. The molecule has 0 saturated carbocycles. The van der Waals surface area contributed by atoms with Crippen molar-refractivity contribution in [2.45, 2.75) is 38.5 Å². The summed E-state index contributed by atoms with van der Waals surface area (Å²) < 4.78 is 0. The zero-order chi connectivity index (χ0) is 12.6. The van der Waals surface area contributed by atoms with Gasteiger partial charge in [0, 0.05) is 0 Å². The van der Waals surface area contributed by atoms with E-state index in [4.69, 9.17) is 0 Å². The first kappa shape index (κ1) is 12.9. The summed E-state index contributed by atoms with van der Waals surface area (Å²) in [6.45, 7) is 3.76. The average molecular weight is 238 g/mol. The lowest BCUT2D eigenvalue weighted by Crippen LogP contribution is -1.86. The first-order chi connectivity index (χ1) is 8.90. The lowest BCUT2D eigenvalue weighted by atomic mass is 10.0. The van der Waals surface area contributed by atoms with Gasteiger partial charge in [-0.25, -0.2) is 0 Å². The Morgan fingerprint density at radius 3 is 2.44 bits per heavy atom. The van der Waals surface area contributed by atoms with E-state index in [0.717, 1.165) is 6.42 Å². The van der Waals surface area contributed by atoms with E-state index in [2.05, 4.69) is 49.0 Å². The molecule has 0 heterocycles. The van der Waals surface area contributed by atoms with Crippen LogP contribution >= 0.6 is 0 Å². The third-order valence-electron chi connectivity index (χ3n) is 3.44. The van der Waals surface area contributed by atoms with E-state index in [0.29, 0.717) is 0 Å². The second-order valence-corrected chi connectivity index (χ2v) is 4.92. The average Bonchev–Trinajstić information content (AvgIpc) is 2.42. The molecule has 94 valence electrons. The molecule has 0 aliphatic heterocycles. The number of benzene rings is 2. The van der Waals surface area contributed by atoms with Gasteiger partial charge in [-0.05, 0) is 42.0 Å². The minimum Gasteiger partial charge on any atom is -0.103 e. The zero-order valence-electron chi connectivity index (χ0n) is 11.1. The summed E-state index contributed by atoms with van der Waals surface area (Å²) in [5, 5.41) is 2.70. The van der Waals surface area contributed by atoms with Crippen LogP contribution in [0.5, 0.6) is 0 Å². The molecule has 0 bridgehead atoms. The summed E-state index contributed by atoms with van der Waals surface area (Å²) in [5.41, 5.74) is 1.47. The Kier molecular flexibility index (Phi) is 5.01. The predicted molar refractivity (Wildman–Crippen MR) is 80.9 cm³/mol.